The number of hydrogen-bond acceptors (Lipinski definition) is 5. The van der Waals surface area contributed by atoms with E-state index in [-0.39, 0.29) is 46.3 Å². The highest BCUT2D eigenvalue weighted by Gasteiger charge is 2.69. The molecule has 0 bridgehead atoms. The smallest absolute Gasteiger partial charge is 0.335 e. The predicted molar refractivity (Wildman–Crippen MR) is 130 cm³/mol. The van der Waals surface area contributed by atoms with E-state index in [4.69, 9.17) is 9.47 Å². The van der Waals surface area contributed by atoms with Crippen LogP contribution in [0.1, 0.15) is 99.8 Å². The van der Waals surface area contributed by atoms with Crippen molar-refractivity contribution in [2.75, 3.05) is 0 Å². The number of carbonyl (C=O) groups is 2. The molecule has 3 fully saturated rings. The van der Waals surface area contributed by atoms with Crippen molar-refractivity contribution >= 4 is 11.9 Å². The van der Waals surface area contributed by atoms with Gasteiger partial charge in [0.25, 0.3) is 0 Å². The van der Waals surface area contributed by atoms with Crippen LogP contribution in [0, 0.1) is 39.4 Å². The Kier molecular flexibility index (Phi) is 5.42. The molecule has 0 aromatic carbocycles. The van der Waals surface area contributed by atoms with Crippen molar-refractivity contribution < 1.29 is 24.2 Å². The second-order valence-corrected chi connectivity index (χ2v) is 13.3. The molecule has 1 aliphatic heterocycles. The third-order valence-corrected chi connectivity index (χ3v) is 12.1. The molecular formula is C29H44O5. The summed E-state index contributed by atoms with van der Waals surface area (Å²) in [5, 5.41) is 11.8. The van der Waals surface area contributed by atoms with Crippen LogP contribution in [0.4, 0.5) is 0 Å². The molecule has 0 unspecified atom stereocenters. The quantitative estimate of drug-likeness (QED) is 0.531. The van der Waals surface area contributed by atoms with E-state index in [0.717, 1.165) is 62.5 Å². The van der Waals surface area contributed by atoms with Crippen LogP contribution in [-0.2, 0) is 19.1 Å². The van der Waals surface area contributed by atoms with Crippen molar-refractivity contribution in [2.45, 2.75) is 118 Å². The van der Waals surface area contributed by atoms with E-state index in [1.54, 1.807) is 0 Å². The molecule has 0 amide bonds. The third-order valence-electron chi connectivity index (χ3n) is 12.1. The average Bonchev–Trinajstić information content (AvgIpc) is 3.04. The van der Waals surface area contributed by atoms with Gasteiger partial charge in [0.2, 0.25) is 0 Å². The highest BCUT2D eigenvalue weighted by Crippen LogP contribution is 2.73. The van der Waals surface area contributed by atoms with Crippen LogP contribution < -0.4 is 0 Å². The lowest BCUT2D eigenvalue weighted by molar-refractivity contribution is -0.232. The lowest BCUT2D eigenvalue weighted by Crippen LogP contribution is -2.66. The van der Waals surface area contributed by atoms with Crippen molar-refractivity contribution in [3.05, 3.63) is 11.1 Å². The van der Waals surface area contributed by atoms with Gasteiger partial charge in [-0.05, 0) is 93.0 Å². The summed E-state index contributed by atoms with van der Waals surface area (Å²) in [6.45, 7) is 15.0. The largest absolute Gasteiger partial charge is 0.462 e. The van der Waals surface area contributed by atoms with Gasteiger partial charge in [-0.15, -0.1) is 0 Å². The van der Waals surface area contributed by atoms with Gasteiger partial charge >= 0.3 is 11.9 Å². The molecule has 0 radical (unpaired) electrons. The van der Waals surface area contributed by atoms with E-state index in [1.165, 1.54) is 6.92 Å². The van der Waals surface area contributed by atoms with Crippen LogP contribution in [0.15, 0.2) is 11.1 Å². The van der Waals surface area contributed by atoms with Gasteiger partial charge in [0, 0.05) is 23.3 Å². The van der Waals surface area contributed by atoms with Gasteiger partial charge in [0.05, 0.1) is 6.10 Å². The molecular weight excluding hydrogens is 428 g/mol. The number of fused-ring (bicyclic) bond motifs is 6. The molecule has 1 N–H and O–H groups in total. The molecule has 190 valence electrons. The number of cyclic esters (lactones) is 1. The maximum atomic E-state index is 13.0. The Hall–Kier alpha value is -1.36. The standard InChI is InChI=1S/C29H44O5/c1-16-19-9-10-21-28(6)14-11-20-26(4,17(2)34-18(3)30)12-8-13-27(20,5)22(28)15-23(31)29(21,7)24(19)25(32)33-16/h16-17,20-23,31H,8-15H2,1-7H3/t16-,17-,20-,21-,22+,23-,26+,27-,28-,29+/m0/s1. The van der Waals surface area contributed by atoms with Gasteiger partial charge < -0.3 is 14.6 Å². The normalized spacial score (nSPS) is 50.9. The zero-order chi connectivity index (χ0) is 24.8. The van der Waals surface area contributed by atoms with E-state index in [1.807, 2.05) is 6.92 Å². The molecule has 34 heavy (non-hydrogen) atoms. The topological polar surface area (TPSA) is 72.8 Å². The van der Waals surface area contributed by atoms with Crippen LogP contribution in [0.2, 0.25) is 0 Å². The first kappa shape index (κ1) is 24.3. The van der Waals surface area contributed by atoms with Crippen molar-refractivity contribution in [1.29, 1.82) is 0 Å². The molecule has 5 aliphatic rings. The van der Waals surface area contributed by atoms with Crippen molar-refractivity contribution in [1.82, 2.24) is 0 Å². The highest BCUT2D eigenvalue weighted by atomic mass is 16.5. The molecule has 5 heteroatoms. The van der Waals surface area contributed by atoms with E-state index in [9.17, 15) is 14.7 Å². The monoisotopic (exact) mass is 472 g/mol. The molecule has 1 heterocycles. The van der Waals surface area contributed by atoms with Gasteiger partial charge in [-0.25, -0.2) is 4.79 Å². The Bertz CT molecular complexity index is 939. The molecule has 0 saturated heterocycles. The Balaban J connectivity index is 1.55. The fraction of sp³-hybridized carbons (Fsp3) is 0.862. The number of carbonyl (C=O) groups excluding carboxylic acids is 2. The molecule has 0 aromatic heterocycles. The first-order valence-corrected chi connectivity index (χ1v) is 13.6. The van der Waals surface area contributed by atoms with Crippen molar-refractivity contribution in [2.24, 2.45) is 39.4 Å². The average molecular weight is 473 g/mol. The highest BCUT2D eigenvalue weighted by molar-refractivity contribution is 5.94. The van der Waals surface area contributed by atoms with Gasteiger partial charge in [-0.2, -0.15) is 0 Å². The summed E-state index contributed by atoms with van der Waals surface area (Å²) in [7, 11) is 0. The zero-order valence-electron chi connectivity index (χ0n) is 22.2. The van der Waals surface area contributed by atoms with Gasteiger partial charge in [0.15, 0.2) is 0 Å². The molecule has 3 saturated carbocycles. The fourth-order valence-electron chi connectivity index (χ4n) is 10.4. The van der Waals surface area contributed by atoms with Gasteiger partial charge in [-0.1, -0.05) is 34.1 Å². The Morgan fingerprint density at radius 1 is 1.06 bits per heavy atom. The second kappa shape index (κ2) is 7.57. The lowest BCUT2D eigenvalue weighted by Gasteiger charge is -2.70. The zero-order valence-corrected chi connectivity index (χ0v) is 22.2. The summed E-state index contributed by atoms with van der Waals surface area (Å²) in [6, 6.07) is 0. The molecule has 0 spiro atoms. The SMILES string of the molecule is CC(=O)O[C@@H](C)[C@@]1(C)CCC[C@@]2(C)[C@H]1CC[C@]1(C)[C@@H]2C[C@H](O)[C@]2(C)C3=C(CC[C@@H]12)[C@H](C)OC3=O. The third kappa shape index (κ3) is 2.94. The maximum absolute atomic E-state index is 13.0. The minimum Gasteiger partial charge on any atom is -0.462 e. The van der Waals surface area contributed by atoms with Crippen molar-refractivity contribution in [3.63, 3.8) is 0 Å². The van der Waals surface area contributed by atoms with E-state index in [2.05, 4.69) is 34.6 Å². The van der Waals surface area contributed by atoms with Crippen LogP contribution in [-0.4, -0.2) is 35.4 Å². The van der Waals surface area contributed by atoms with E-state index in [0.29, 0.717) is 11.8 Å². The minimum atomic E-state index is -0.548. The minimum absolute atomic E-state index is 0.0569. The number of aliphatic hydroxyl groups is 1. The summed E-state index contributed by atoms with van der Waals surface area (Å²) < 4.78 is 11.5. The molecule has 5 nitrogen and oxygen atoms in total. The Morgan fingerprint density at radius 3 is 2.41 bits per heavy atom. The number of esters is 2. The van der Waals surface area contributed by atoms with E-state index < -0.39 is 11.5 Å². The first-order valence-electron chi connectivity index (χ1n) is 13.6. The number of aliphatic hydroxyl groups excluding tert-OH is 1. The summed E-state index contributed by atoms with van der Waals surface area (Å²) >= 11 is 0. The maximum Gasteiger partial charge on any atom is 0.335 e. The Labute approximate surface area is 205 Å². The summed E-state index contributed by atoms with van der Waals surface area (Å²) in [4.78, 5) is 24.8. The molecule has 4 aliphatic carbocycles. The second-order valence-electron chi connectivity index (χ2n) is 13.3. The van der Waals surface area contributed by atoms with Crippen molar-refractivity contribution in [3.8, 4) is 0 Å². The number of rotatable bonds is 2. The summed E-state index contributed by atoms with van der Waals surface area (Å²) in [5.41, 5.74) is 1.48. The molecule has 10 atom stereocenters. The summed E-state index contributed by atoms with van der Waals surface area (Å²) in [5.74, 6) is 0.702. The number of ether oxygens (including phenoxy) is 2. The van der Waals surface area contributed by atoms with Crippen LogP contribution in [0.5, 0.6) is 0 Å². The van der Waals surface area contributed by atoms with E-state index >= 15 is 0 Å². The summed E-state index contributed by atoms with van der Waals surface area (Å²) in [6.07, 6.45) is 7.39. The number of hydrogen-bond donors (Lipinski definition) is 1. The van der Waals surface area contributed by atoms with Gasteiger partial charge in [0.1, 0.15) is 12.2 Å². The first-order chi connectivity index (χ1) is 15.8. The van der Waals surface area contributed by atoms with Crippen LogP contribution in [0.25, 0.3) is 0 Å². The van der Waals surface area contributed by atoms with Gasteiger partial charge in [-0.3, -0.25) is 4.79 Å². The predicted octanol–water partition coefficient (Wildman–Crippen LogP) is 5.59. The lowest BCUT2D eigenvalue weighted by atomic mass is 9.34. The molecule has 0 aromatic rings. The Morgan fingerprint density at radius 2 is 1.74 bits per heavy atom. The molecule has 5 rings (SSSR count). The van der Waals surface area contributed by atoms with Crippen LogP contribution in [0.3, 0.4) is 0 Å². The van der Waals surface area contributed by atoms with Crippen LogP contribution >= 0.6 is 0 Å². The fourth-order valence-corrected chi connectivity index (χ4v) is 10.4.